The number of alkyl halides is 3. The lowest BCUT2D eigenvalue weighted by molar-refractivity contribution is -0.139. The van der Waals surface area contributed by atoms with E-state index in [-0.39, 0.29) is 11.8 Å². The van der Waals surface area contributed by atoms with Crippen molar-refractivity contribution in [3.8, 4) is 0 Å². The quantitative estimate of drug-likeness (QED) is 0.826. The fourth-order valence-electron chi connectivity index (χ4n) is 3.53. The molecule has 1 aromatic rings. The number of benzene rings is 1. The fraction of sp³-hybridized carbons (Fsp3) is 0.474. The zero-order valence-corrected chi connectivity index (χ0v) is 14.3. The monoisotopic (exact) mass is 366 g/mol. The number of amides is 2. The van der Waals surface area contributed by atoms with E-state index in [9.17, 15) is 22.8 Å². The highest BCUT2D eigenvalue weighted by molar-refractivity contribution is 5.96. The Kier molecular flexibility index (Phi) is 5.34. The number of rotatable bonds is 3. The standard InChI is InChI=1S/C19H21F3N2O2/c20-19(21,22)13-7-9-14(10-8-13)23-17(25)15-5-1-2-6-16(15)18(26)24-11-3-4-12-24/h1-2,7-10,15-16H,3-6,11-12H2,(H,23,25). The van der Waals surface area contributed by atoms with Gasteiger partial charge in [0.1, 0.15) is 0 Å². The van der Waals surface area contributed by atoms with Gasteiger partial charge < -0.3 is 10.2 Å². The van der Waals surface area contributed by atoms with Gasteiger partial charge in [-0.1, -0.05) is 12.2 Å². The third-order valence-corrected chi connectivity index (χ3v) is 4.98. The number of allylic oxidation sites excluding steroid dienone is 2. The maximum absolute atomic E-state index is 12.7. The molecular formula is C19H21F3N2O2. The molecule has 2 unspecified atom stereocenters. The van der Waals surface area contributed by atoms with E-state index in [1.165, 1.54) is 12.1 Å². The minimum Gasteiger partial charge on any atom is -0.342 e. The summed E-state index contributed by atoms with van der Waals surface area (Å²) in [5, 5.41) is 2.65. The van der Waals surface area contributed by atoms with E-state index in [2.05, 4.69) is 5.32 Å². The maximum Gasteiger partial charge on any atom is 0.416 e. The molecule has 1 saturated heterocycles. The molecule has 1 fully saturated rings. The molecule has 1 aliphatic heterocycles. The summed E-state index contributed by atoms with van der Waals surface area (Å²) in [5.41, 5.74) is -0.469. The van der Waals surface area contributed by atoms with Crippen molar-refractivity contribution in [1.29, 1.82) is 0 Å². The van der Waals surface area contributed by atoms with E-state index >= 15 is 0 Å². The van der Waals surface area contributed by atoms with Crippen LogP contribution in [-0.2, 0) is 15.8 Å². The maximum atomic E-state index is 12.7. The number of halogens is 3. The predicted molar refractivity (Wildman–Crippen MR) is 91.2 cm³/mol. The van der Waals surface area contributed by atoms with Crippen LogP contribution in [0.25, 0.3) is 0 Å². The first kappa shape index (κ1) is 18.5. The topological polar surface area (TPSA) is 49.4 Å². The Balaban J connectivity index is 1.68. The molecule has 1 N–H and O–H groups in total. The van der Waals surface area contributed by atoms with Gasteiger partial charge in [0.2, 0.25) is 11.8 Å². The predicted octanol–water partition coefficient (Wildman–Crippen LogP) is 3.85. The van der Waals surface area contributed by atoms with Crippen LogP contribution in [0.4, 0.5) is 18.9 Å². The average molecular weight is 366 g/mol. The second kappa shape index (κ2) is 7.51. The van der Waals surface area contributed by atoms with Crippen molar-refractivity contribution < 1.29 is 22.8 Å². The summed E-state index contributed by atoms with van der Waals surface area (Å²) in [4.78, 5) is 27.2. The van der Waals surface area contributed by atoms with Crippen molar-refractivity contribution in [3.05, 3.63) is 42.0 Å². The zero-order valence-electron chi connectivity index (χ0n) is 14.3. The van der Waals surface area contributed by atoms with Crippen molar-refractivity contribution in [2.75, 3.05) is 18.4 Å². The molecule has 2 aliphatic rings. The van der Waals surface area contributed by atoms with Gasteiger partial charge in [-0.15, -0.1) is 0 Å². The van der Waals surface area contributed by atoms with E-state index in [1.807, 2.05) is 17.1 Å². The lowest BCUT2D eigenvalue weighted by Gasteiger charge is -2.30. The third kappa shape index (κ3) is 4.08. The second-order valence-electron chi connectivity index (χ2n) is 6.75. The molecule has 2 amide bonds. The molecule has 4 nitrogen and oxygen atoms in total. The van der Waals surface area contributed by atoms with Crippen molar-refractivity contribution >= 4 is 17.5 Å². The van der Waals surface area contributed by atoms with E-state index in [1.54, 1.807) is 0 Å². The van der Waals surface area contributed by atoms with Crippen LogP contribution in [0.5, 0.6) is 0 Å². The van der Waals surface area contributed by atoms with Gasteiger partial charge in [-0.05, 0) is 49.9 Å². The average Bonchev–Trinajstić information content (AvgIpc) is 3.15. The molecule has 0 bridgehead atoms. The summed E-state index contributed by atoms with van der Waals surface area (Å²) in [6.45, 7) is 1.46. The highest BCUT2D eigenvalue weighted by Gasteiger charge is 2.37. The molecule has 0 saturated carbocycles. The van der Waals surface area contributed by atoms with Gasteiger partial charge in [0.05, 0.1) is 17.4 Å². The smallest absolute Gasteiger partial charge is 0.342 e. The van der Waals surface area contributed by atoms with Crippen molar-refractivity contribution in [2.24, 2.45) is 11.8 Å². The van der Waals surface area contributed by atoms with E-state index in [0.29, 0.717) is 18.5 Å². The van der Waals surface area contributed by atoms with Crippen LogP contribution in [-0.4, -0.2) is 29.8 Å². The summed E-state index contributed by atoms with van der Waals surface area (Å²) < 4.78 is 37.9. The summed E-state index contributed by atoms with van der Waals surface area (Å²) in [6.07, 6.45) is 2.32. The fourth-order valence-corrected chi connectivity index (χ4v) is 3.53. The molecule has 3 rings (SSSR count). The minimum absolute atomic E-state index is 0.000538. The van der Waals surface area contributed by atoms with Gasteiger partial charge >= 0.3 is 6.18 Å². The normalized spacial score (nSPS) is 23.1. The van der Waals surface area contributed by atoms with Crippen LogP contribution >= 0.6 is 0 Å². The Morgan fingerprint density at radius 2 is 1.54 bits per heavy atom. The van der Waals surface area contributed by atoms with Gasteiger partial charge in [-0.25, -0.2) is 0 Å². The Bertz CT molecular complexity index is 692. The van der Waals surface area contributed by atoms with Gasteiger partial charge in [-0.3, -0.25) is 9.59 Å². The summed E-state index contributed by atoms with van der Waals surface area (Å²) in [6, 6.07) is 4.33. The molecule has 0 aromatic heterocycles. The Labute approximate surface area is 150 Å². The molecule has 1 heterocycles. The number of hydrogen-bond acceptors (Lipinski definition) is 2. The third-order valence-electron chi connectivity index (χ3n) is 4.98. The summed E-state index contributed by atoms with van der Waals surface area (Å²) in [7, 11) is 0. The highest BCUT2D eigenvalue weighted by Crippen LogP contribution is 2.32. The Morgan fingerprint density at radius 1 is 0.962 bits per heavy atom. The number of nitrogens with zero attached hydrogens (tertiary/aromatic N) is 1. The lowest BCUT2D eigenvalue weighted by atomic mass is 9.81. The largest absolute Gasteiger partial charge is 0.416 e. The number of hydrogen-bond donors (Lipinski definition) is 1. The number of anilines is 1. The van der Waals surface area contributed by atoms with Crippen molar-refractivity contribution in [1.82, 2.24) is 4.90 Å². The van der Waals surface area contributed by atoms with Gasteiger partial charge in [0, 0.05) is 18.8 Å². The lowest BCUT2D eigenvalue weighted by Crippen LogP contribution is -2.42. The highest BCUT2D eigenvalue weighted by atomic mass is 19.4. The first-order valence-electron chi connectivity index (χ1n) is 8.78. The SMILES string of the molecule is O=C(Nc1ccc(C(F)(F)F)cc1)C1CC=CCC1C(=O)N1CCCC1. The zero-order chi connectivity index (χ0) is 18.7. The summed E-state index contributed by atoms with van der Waals surface area (Å²) in [5.74, 6) is -1.24. The Morgan fingerprint density at radius 3 is 2.12 bits per heavy atom. The van der Waals surface area contributed by atoms with E-state index in [4.69, 9.17) is 0 Å². The molecule has 26 heavy (non-hydrogen) atoms. The molecular weight excluding hydrogens is 345 g/mol. The van der Waals surface area contributed by atoms with Crippen LogP contribution in [0.2, 0.25) is 0 Å². The van der Waals surface area contributed by atoms with Gasteiger partial charge in [0.15, 0.2) is 0 Å². The Hall–Kier alpha value is -2.31. The van der Waals surface area contributed by atoms with Crippen molar-refractivity contribution in [3.63, 3.8) is 0 Å². The van der Waals surface area contributed by atoms with E-state index in [0.717, 1.165) is 38.1 Å². The number of nitrogens with one attached hydrogen (secondary N) is 1. The minimum atomic E-state index is -4.41. The molecule has 1 aliphatic carbocycles. The molecule has 140 valence electrons. The molecule has 1 aromatic carbocycles. The molecule has 0 spiro atoms. The van der Waals surface area contributed by atoms with Crippen LogP contribution in [0, 0.1) is 11.8 Å². The van der Waals surface area contributed by atoms with E-state index < -0.39 is 23.6 Å². The second-order valence-corrected chi connectivity index (χ2v) is 6.75. The number of carbonyl (C=O) groups excluding carboxylic acids is 2. The van der Waals surface area contributed by atoms with Crippen LogP contribution in [0.3, 0.4) is 0 Å². The van der Waals surface area contributed by atoms with Crippen molar-refractivity contribution in [2.45, 2.75) is 31.9 Å². The van der Waals surface area contributed by atoms with Gasteiger partial charge in [-0.2, -0.15) is 13.2 Å². The van der Waals surface area contributed by atoms with Crippen LogP contribution < -0.4 is 5.32 Å². The molecule has 2 atom stereocenters. The molecule has 0 radical (unpaired) electrons. The summed E-state index contributed by atoms with van der Waals surface area (Å²) >= 11 is 0. The number of likely N-dealkylation sites (tertiary alicyclic amines) is 1. The first-order valence-corrected chi connectivity index (χ1v) is 8.78. The first-order chi connectivity index (χ1) is 12.4. The number of carbonyl (C=O) groups is 2. The van der Waals surface area contributed by atoms with Crippen LogP contribution in [0.1, 0.15) is 31.2 Å². The van der Waals surface area contributed by atoms with Gasteiger partial charge in [0.25, 0.3) is 0 Å². The molecule has 7 heteroatoms. The van der Waals surface area contributed by atoms with Crippen LogP contribution in [0.15, 0.2) is 36.4 Å².